The minimum absolute atomic E-state index is 0.531. The topological polar surface area (TPSA) is 61.7 Å². The van der Waals surface area contributed by atoms with Gasteiger partial charge in [-0.1, -0.05) is 0 Å². The van der Waals surface area contributed by atoms with Crippen molar-refractivity contribution in [1.29, 1.82) is 5.26 Å². The average molecular weight is 187 g/mol. The molecule has 0 bridgehead atoms. The summed E-state index contributed by atoms with van der Waals surface area (Å²) in [6, 6.07) is 5.60. The molecule has 0 aliphatic rings. The molecule has 0 aliphatic carbocycles. The molecule has 0 fully saturated rings. The molecule has 0 unspecified atom stereocenters. The second-order valence-electron chi connectivity index (χ2n) is 2.81. The molecule has 4 heteroatoms. The van der Waals surface area contributed by atoms with Crippen LogP contribution in [0.2, 0.25) is 0 Å². The van der Waals surface area contributed by atoms with Crippen LogP contribution in [0.1, 0.15) is 12.5 Å². The summed E-state index contributed by atoms with van der Waals surface area (Å²) in [7, 11) is 0. The zero-order valence-corrected chi connectivity index (χ0v) is 7.74. The Hall–Kier alpha value is -2.02. The van der Waals surface area contributed by atoms with Gasteiger partial charge < -0.3 is 9.72 Å². The fourth-order valence-corrected chi connectivity index (χ4v) is 1.33. The first-order valence-electron chi connectivity index (χ1n) is 4.35. The molecular formula is C10H9N3O. The summed E-state index contributed by atoms with van der Waals surface area (Å²) in [5.41, 5.74) is 2.20. The molecule has 0 saturated carbocycles. The van der Waals surface area contributed by atoms with Crippen LogP contribution in [-0.2, 0) is 0 Å². The van der Waals surface area contributed by atoms with Crippen molar-refractivity contribution in [3.8, 4) is 11.8 Å². The van der Waals surface area contributed by atoms with E-state index in [4.69, 9.17) is 10.00 Å². The Morgan fingerprint density at radius 2 is 2.43 bits per heavy atom. The Bertz CT molecular complexity index is 496. The van der Waals surface area contributed by atoms with E-state index in [9.17, 15) is 0 Å². The molecule has 1 N–H and O–H groups in total. The van der Waals surface area contributed by atoms with Gasteiger partial charge in [0.2, 0.25) is 0 Å². The maximum Gasteiger partial charge on any atom is 0.139 e. The Morgan fingerprint density at radius 1 is 1.57 bits per heavy atom. The fraction of sp³-hybridized carbons (Fsp3) is 0.200. The van der Waals surface area contributed by atoms with Crippen molar-refractivity contribution in [2.75, 3.05) is 6.61 Å². The van der Waals surface area contributed by atoms with Crippen LogP contribution in [0.25, 0.3) is 11.0 Å². The third kappa shape index (κ3) is 1.29. The lowest BCUT2D eigenvalue weighted by molar-refractivity contribution is 0.339. The molecule has 0 spiro atoms. The molecule has 0 atom stereocenters. The average Bonchev–Trinajstić information content (AvgIpc) is 2.64. The number of H-pyrrole nitrogens is 1. The van der Waals surface area contributed by atoms with E-state index in [-0.39, 0.29) is 0 Å². The van der Waals surface area contributed by atoms with Crippen molar-refractivity contribution in [3.05, 3.63) is 24.0 Å². The predicted octanol–water partition coefficient (Wildman–Crippen LogP) is 1.83. The van der Waals surface area contributed by atoms with E-state index in [1.165, 1.54) is 0 Å². The highest BCUT2D eigenvalue weighted by atomic mass is 16.5. The summed E-state index contributed by atoms with van der Waals surface area (Å²) in [5.74, 6) is 0.592. The highest BCUT2D eigenvalue weighted by Gasteiger charge is 2.06. The van der Waals surface area contributed by atoms with Crippen molar-refractivity contribution in [2.24, 2.45) is 0 Å². The number of nitriles is 1. The number of aromatic amines is 1. The zero-order chi connectivity index (χ0) is 9.97. The van der Waals surface area contributed by atoms with Gasteiger partial charge in [0.15, 0.2) is 0 Å². The third-order valence-corrected chi connectivity index (χ3v) is 1.94. The van der Waals surface area contributed by atoms with Crippen LogP contribution in [-0.4, -0.2) is 16.6 Å². The first-order chi connectivity index (χ1) is 6.85. The van der Waals surface area contributed by atoms with Gasteiger partial charge in [0.25, 0.3) is 0 Å². The van der Waals surface area contributed by atoms with Gasteiger partial charge in [-0.3, -0.25) is 0 Å². The second-order valence-corrected chi connectivity index (χ2v) is 2.81. The van der Waals surface area contributed by atoms with Crippen LogP contribution >= 0.6 is 0 Å². The molecule has 0 aliphatic heterocycles. The summed E-state index contributed by atoms with van der Waals surface area (Å²) in [6.45, 7) is 2.43. The number of hydrogen-bond acceptors (Lipinski definition) is 3. The summed E-state index contributed by atoms with van der Waals surface area (Å²) >= 11 is 0. The number of imidazole rings is 1. The zero-order valence-electron chi connectivity index (χ0n) is 7.74. The summed E-state index contributed by atoms with van der Waals surface area (Å²) < 4.78 is 5.33. The van der Waals surface area contributed by atoms with Crippen molar-refractivity contribution >= 4 is 11.0 Å². The fourth-order valence-electron chi connectivity index (χ4n) is 1.33. The quantitative estimate of drug-likeness (QED) is 0.780. The van der Waals surface area contributed by atoms with Crippen molar-refractivity contribution in [2.45, 2.75) is 6.92 Å². The normalized spacial score (nSPS) is 10.0. The van der Waals surface area contributed by atoms with Crippen LogP contribution in [0.15, 0.2) is 18.5 Å². The number of aromatic nitrogens is 2. The van der Waals surface area contributed by atoms with E-state index in [0.29, 0.717) is 17.9 Å². The number of fused-ring (bicyclic) bond motifs is 1. The van der Waals surface area contributed by atoms with Crippen LogP contribution in [0, 0.1) is 11.3 Å². The molecule has 1 aromatic carbocycles. The van der Waals surface area contributed by atoms with E-state index < -0.39 is 0 Å². The first-order valence-corrected chi connectivity index (χ1v) is 4.35. The molecule has 2 rings (SSSR count). The van der Waals surface area contributed by atoms with Gasteiger partial charge >= 0.3 is 0 Å². The standard InChI is InChI=1S/C10H9N3O/c1-2-14-10-4-9-8(12-6-13-9)3-7(10)5-11/h3-4,6H,2H2,1H3,(H,12,13). The molecule has 0 saturated heterocycles. The van der Waals surface area contributed by atoms with Crippen LogP contribution in [0.5, 0.6) is 5.75 Å². The third-order valence-electron chi connectivity index (χ3n) is 1.94. The SMILES string of the molecule is CCOc1cc2nc[nH]c2cc1C#N. The van der Waals surface area contributed by atoms with Crippen molar-refractivity contribution in [3.63, 3.8) is 0 Å². The molecule has 1 heterocycles. The minimum Gasteiger partial charge on any atom is -0.492 e. The van der Waals surface area contributed by atoms with E-state index >= 15 is 0 Å². The Balaban J connectivity index is 2.62. The monoisotopic (exact) mass is 187 g/mol. The molecule has 2 aromatic rings. The molecule has 4 nitrogen and oxygen atoms in total. The van der Waals surface area contributed by atoms with E-state index in [0.717, 1.165) is 11.0 Å². The Kier molecular flexibility index (Phi) is 2.07. The molecule has 70 valence electrons. The van der Waals surface area contributed by atoms with E-state index in [1.54, 1.807) is 18.5 Å². The molecular weight excluding hydrogens is 178 g/mol. The second kappa shape index (κ2) is 3.38. The Morgan fingerprint density at radius 3 is 3.14 bits per heavy atom. The molecule has 14 heavy (non-hydrogen) atoms. The van der Waals surface area contributed by atoms with Gasteiger partial charge in [0, 0.05) is 6.07 Å². The van der Waals surface area contributed by atoms with Gasteiger partial charge in [0.05, 0.1) is 29.5 Å². The van der Waals surface area contributed by atoms with Gasteiger partial charge in [0.1, 0.15) is 11.8 Å². The number of ether oxygens (including phenoxy) is 1. The number of hydrogen-bond donors (Lipinski definition) is 1. The lowest BCUT2D eigenvalue weighted by atomic mass is 10.2. The first kappa shape index (κ1) is 8.57. The smallest absolute Gasteiger partial charge is 0.139 e. The number of benzene rings is 1. The van der Waals surface area contributed by atoms with Gasteiger partial charge in [-0.15, -0.1) is 0 Å². The lowest BCUT2D eigenvalue weighted by Crippen LogP contribution is -1.94. The van der Waals surface area contributed by atoms with E-state index in [2.05, 4.69) is 16.0 Å². The number of rotatable bonds is 2. The van der Waals surface area contributed by atoms with Crippen LogP contribution in [0.3, 0.4) is 0 Å². The van der Waals surface area contributed by atoms with Crippen LogP contribution in [0.4, 0.5) is 0 Å². The van der Waals surface area contributed by atoms with Gasteiger partial charge in [-0.2, -0.15) is 5.26 Å². The summed E-state index contributed by atoms with van der Waals surface area (Å²) in [6.07, 6.45) is 1.60. The molecule has 1 aromatic heterocycles. The number of nitrogens with one attached hydrogen (secondary N) is 1. The molecule has 0 radical (unpaired) electrons. The maximum atomic E-state index is 8.88. The van der Waals surface area contributed by atoms with Gasteiger partial charge in [-0.25, -0.2) is 4.98 Å². The maximum absolute atomic E-state index is 8.88. The van der Waals surface area contributed by atoms with E-state index in [1.807, 2.05) is 6.92 Å². The predicted molar refractivity (Wildman–Crippen MR) is 52.0 cm³/mol. The lowest BCUT2D eigenvalue weighted by Gasteiger charge is -2.04. The summed E-state index contributed by atoms with van der Waals surface area (Å²) in [4.78, 5) is 7.04. The van der Waals surface area contributed by atoms with Gasteiger partial charge in [-0.05, 0) is 13.0 Å². The Labute approximate surface area is 81.1 Å². The largest absolute Gasteiger partial charge is 0.492 e. The highest BCUT2D eigenvalue weighted by Crippen LogP contribution is 2.23. The van der Waals surface area contributed by atoms with Crippen molar-refractivity contribution < 1.29 is 4.74 Å². The van der Waals surface area contributed by atoms with Crippen molar-refractivity contribution in [1.82, 2.24) is 9.97 Å². The summed E-state index contributed by atoms with van der Waals surface area (Å²) in [5, 5.41) is 8.88. The molecule has 0 amide bonds. The number of nitrogens with zero attached hydrogens (tertiary/aromatic N) is 2. The highest BCUT2D eigenvalue weighted by molar-refractivity contribution is 5.78. The minimum atomic E-state index is 0.531. The van der Waals surface area contributed by atoms with Crippen LogP contribution < -0.4 is 4.74 Å².